The third kappa shape index (κ3) is 5.96. The molecule has 0 bridgehead atoms. The van der Waals surface area contributed by atoms with Gasteiger partial charge in [0.25, 0.3) is 0 Å². The maximum atomic E-state index is 5.48. The molecule has 1 atom stereocenters. The van der Waals surface area contributed by atoms with Gasteiger partial charge in [0.1, 0.15) is 5.75 Å². The van der Waals surface area contributed by atoms with E-state index < -0.39 is 0 Å². The highest BCUT2D eigenvalue weighted by Gasteiger charge is 2.19. The first kappa shape index (κ1) is 16.5. The average molecular weight is 329 g/mol. The van der Waals surface area contributed by atoms with Crippen LogP contribution in [0.3, 0.4) is 0 Å². The molecule has 0 aromatic heterocycles. The Kier molecular flexibility index (Phi) is 6.87. The van der Waals surface area contributed by atoms with Gasteiger partial charge in [0.05, 0.1) is 12.7 Å². The lowest BCUT2D eigenvalue weighted by Crippen LogP contribution is -2.24. The van der Waals surface area contributed by atoms with E-state index in [1.165, 1.54) is 5.56 Å². The summed E-state index contributed by atoms with van der Waals surface area (Å²) in [6, 6.07) is 8.33. The van der Waals surface area contributed by atoms with Crippen LogP contribution in [0.5, 0.6) is 5.75 Å². The number of methoxy groups -OCH3 is 2. The number of alkyl halides is 1. The summed E-state index contributed by atoms with van der Waals surface area (Å²) < 4.78 is 10.8. The van der Waals surface area contributed by atoms with E-state index in [1.54, 1.807) is 14.2 Å². The van der Waals surface area contributed by atoms with Crippen LogP contribution in [-0.4, -0.2) is 25.2 Å². The lowest BCUT2D eigenvalue weighted by atomic mass is 9.91. The fraction of sp³-hybridized carbons (Fsp3) is 0.625. The topological polar surface area (TPSA) is 18.5 Å². The highest BCUT2D eigenvalue weighted by molar-refractivity contribution is 9.09. The lowest BCUT2D eigenvalue weighted by molar-refractivity contribution is 0.0110. The largest absolute Gasteiger partial charge is 0.497 e. The molecular weight excluding hydrogens is 304 g/mol. The molecule has 0 saturated heterocycles. The summed E-state index contributed by atoms with van der Waals surface area (Å²) in [6.07, 6.45) is 3.30. The molecule has 1 aromatic carbocycles. The molecule has 0 fully saturated rings. The van der Waals surface area contributed by atoms with Gasteiger partial charge in [-0.1, -0.05) is 28.1 Å². The summed E-state index contributed by atoms with van der Waals surface area (Å²) in [5.74, 6) is 1.56. The number of hydrogen-bond acceptors (Lipinski definition) is 2. The highest BCUT2D eigenvalue weighted by Crippen LogP contribution is 2.24. The molecule has 0 aliphatic carbocycles. The maximum Gasteiger partial charge on any atom is 0.119 e. The first-order valence-electron chi connectivity index (χ1n) is 6.75. The van der Waals surface area contributed by atoms with Crippen LogP contribution in [0.1, 0.15) is 32.3 Å². The highest BCUT2D eigenvalue weighted by atomic mass is 79.9. The molecule has 0 spiro atoms. The Labute approximate surface area is 125 Å². The van der Waals surface area contributed by atoms with E-state index in [4.69, 9.17) is 9.47 Å². The Bertz CT molecular complexity index is 377. The normalized spacial score (nSPS) is 13.3. The summed E-state index contributed by atoms with van der Waals surface area (Å²) in [6.45, 7) is 4.29. The zero-order valence-corrected chi connectivity index (χ0v) is 14.0. The third-order valence-electron chi connectivity index (χ3n) is 3.58. The van der Waals surface area contributed by atoms with E-state index in [0.29, 0.717) is 5.92 Å². The molecule has 1 rings (SSSR count). The fourth-order valence-electron chi connectivity index (χ4n) is 2.02. The predicted molar refractivity (Wildman–Crippen MR) is 84.3 cm³/mol. The Morgan fingerprint density at radius 2 is 2.00 bits per heavy atom. The molecule has 0 aliphatic rings. The molecule has 19 heavy (non-hydrogen) atoms. The van der Waals surface area contributed by atoms with Gasteiger partial charge in [-0.15, -0.1) is 0 Å². The number of ether oxygens (including phenoxy) is 2. The van der Waals surface area contributed by atoms with Crippen molar-refractivity contribution in [2.75, 3.05) is 19.5 Å². The minimum Gasteiger partial charge on any atom is -0.497 e. The Balaban J connectivity index is 2.56. The molecule has 1 unspecified atom stereocenters. The van der Waals surface area contributed by atoms with Crippen LogP contribution in [-0.2, 0) is 11.2 Å². The minimum absolute atomic E-state index is 0.0329. The van der Waals surface area contributed by atoms with Gasteiger partial charge in [-0.05, 0) is 56.7 Å². The molecule has 0 amide bonds. The van der Waals surface area contributed by atoms with Crippen molar-refractivity contribution in [1.29, 1.82) is 0 Å². The van der Waals surface area contributed by atoms with Crippen molar-refractivity contribution in [2.24, 2.45) is 5.92 Å². The number of rotatable bonds is 8. The van der Waals surface area contributed by atoms with E-state index >= 15 is 0 Å². The van der Waals surface area contributed by atoms with Gasteiger partial charge in [0, 0.05) is 12.4 Å². The predicted octanol–water partition coefficient (Wildman–Crippen LogP) is 4.45. The van der Waals surface area contributed by atoms with Gasteiger partial charge in [0.2, 0.25) is 0 Å². The van der Waals surface area contributed by atoms with Crippen molar-refractivity contribution in [2.45, 2.75) is 38.7 Å². The molecule has 0 saturated carbocycles. The molecular formula is C16H25BrO2. The quantitative estimate of drug-likeness (QED) is 0.656. The first-order valence-corrected chi connectivity index (χ1v) is 7.87. The third-order valence-corrected chi connectivity index (χ3v) is 4.50. The minimum atomic E-state index is -0.0329. The van der Waals surface area contributed by atoms with Crippen LogP contribution in [0, 0.1) is 5.92 Å². The Morgan fingerprint density at radius 3 is 2.58 bits per heavy atom. The molecule has 108 valence electrons. The van der Waals surface area contributed by atoms with Gasteiger partial charge in [-0.25, -0.2) is 0 Å². The maximum absolute atomic E-state index is 5.48. The van der Waals surface area contributed by atoms with Crippen molar-refractivity contribution in [3.63, 3.8) is 0 Å². The van der Waals surface area contributed by atoms with Crippen LogP contribution in [0.15, 0.2) is 24.3 Å². The molecule has 3 heteroatoms. The van der Waals surface area contributed by atoms with Gasteiger partial charge in [-0.2, -0.15) is 0 Å². The Hall–Kier alpha value is -0.540. The number of halogens is 1. The number of benzene rings is 1. The smallest absolute Gasteiger partial charge is 0.119 e. The standard InChI is InChI=1S/C16H25BrO2/c1-16(2,19-4)9-8-14(12-17)10-13-6-5-7-15(11-13)18-3/h5-7,11,14H,8-10,12H2,1-4H3. The second kappa shape index (κ2) is 7.91. The second-order valence-corrected chi connectivity index (χ2v) is 6.23. The Morgan fingerprint density at radius 1 is 1.26 bits per heavy atom. The molecule has 0 N–H and O–H groups in total. The fourth-order valence-corrected chi connectivity index (χ4v) is 2.57. The van der Waals surface area contributed by atoms with Crippen LogP contribution in [0.4, 0.5) is 0 Å². The SMILES string of the molecule is COc1cccc(CC(CBr)CCC(C)(C)OC)c1. The number of hydrogen-bond donors (Lipinski definition) is 0. The van der Waals surface area contributed by atoms with E-state index in [9.17, 15) is 0 Å². The summed E-state index contributed by atoms with van der Waals surface area (Å²) in [4.78, 5) is 0. The van der Waals surface area contributed by atoms with Gasteiger partial charge < -0.3 is 9.47 Å². The monoisotopic (exact) mass is 328 g/mol. The summed E-state index contributed by atoms with van der Waals surface area (Å²) in [5.41, 5.74) is 1.30. The lowest BCUT2D eigenvalue weighted by Gasteiger charge is -2.25. The summed E-state index contributed by atoms with van der Waals surface area (Å²) in [7, 11) is 3.49. The van der Waals surface area contributed by atoms with Crippen LogP contribution < -0.4 is 4.74 Å². The molecule has 1 aromatic rings. The van der Waals surface area contributed by atoms with E-state index in [2.05, 4.69) is 48.0 Å². The first-order chi connectivity index (χ1) is 9.00. The molecule has 0 aliphatic heterocycles. The van der Waals surface area contributed by atoms with Crippen molar-refractivity contribution in [1.82, 2.24) is 0 Å². The average Bonchev–Trinajstić information content (AvgIpc) is 2.43. The molecule has 0 radical (unpaired) electrons. The van der Waals surface area contributed by atoms with Gasteiger partial charge >= 0.3 is 0 Å². The van der Waals surface area contributed by atoms with E-state index in [0.717, 1.165) is 30.3 Å². The van der Waals surface area contributed by atoms with Crippen LogP contribution in [0.2, 0.25) is 0 Å². The van der Waals surface area contributed by atoms with E-state index in [1.807, 2.05) is 6.07 Å². The van der Waals surface area contributed by atoms with Crippen molar-refractivity contribution >= 4 is 15.9 Å². The van der Waals surface area contributed by atoms with Crippen LogP contribution >= 0.6 is 15.9 Å². The summed E-state index contributed by atoms with van der Waals surface area (Å²) >= 11 is 3.63. The zero-order chi connectivity index (χ0) is 14.3. The van der Waals surface area contributed by atoms with Gasteiger partial charge in [-0.3, -0.25) is 0 Å². The van der Waals surface area contributed by atoms with Crippen LogP contribution in [0.25, 0.3) is 0 Å². The molecule has 2 nitrogen and oxygen atoms in total. The van der Waals surface area contributed by atoms with Crippen molar-refractivity contribution < 1.29 is 9.47 Å². The molecule has 0 heterocycles. The van der Waals surface area contributed by atoms with Crippen molar-refractivity contribution in [3.8, 4) is 5.75 Å². The van der Waals surface area contributed by atoms with Gasteiger partial charge in [0.15, 0.2) is 0 Å². The van der Waals surface area contributed by atoms with E-state index in [-0.39, 0.29) is 5.60 Å². The zero-order valence-electron chi connectivity index (χ0n) is 12.4. The summed E-state index contributed by atoms with van der Waals surface area (Å²) in [5, 5.41) is 1.02. The second-order valence-electron chi connectivity index (χ2n) is 5.58. The van der Waals surface area contributed by atoms with Crippen molar-refractivity contribution in [3.05, 3.63) is 29.8 Å².